The van der Waals surface area contributed by atoms with Crippen LogP contribution in [0.5, 0.6) is 0 Å². The number of amides is 2. The summed E-state index contributed by atoms with van der Waals surface area (Å²) < 4.78 is 31.0. The molecule has 1 unspecified atom stereocenters. The number of aromatic nitrogens is 3. The highest BCUT2D eigenvalue weighted by Gasteiger charge is 2.31. The van der Waals surface area contributed by atoms with Gasteiger partial charge in [-0.05, 0) is 25.0 Å². The Bertz CT molecular complexity index is 1370. The van der Waals surface area contributed by atoms with E-state index in [4.69, 9.17) is 4.74 Å². The standard InChI is InChI=1S/C24H28N6O5S/c1-36(33,34)18-6-4-17(5-7-18)22-23(30-9-8-25-15-20(30)27-22)26-16-21(31)28-10-12-29(13-11-28)24(32)19-3-2-14-35-19/h4-9,15,19,26H,2-3,10-14,16H2,1H3. The lowest BCUT2D eigenvalue weighted by Crippen LogP contribution is -2.53. The molecular formula is C24H28N6O5S. The number of nitrogens with one attached hydrogen (secondary N) is 1. The number of carbonyl (C=O) groups excluding carboxylic acids is 2. The first kappa shape index (κ1) is 24.2. The number of imidazole rings is 1. The summed E-state index contributed by atoms with van der Waals surface area (Å²) in [7, 11) is -3.32. The third-order valence-corrected chi connectivity index (χ3v) is 7.67. The number of hydrogen-bond acceptors (Lipinski definition) is 8. The van der Waals surface area contributed by atoms with Gasteiger partial charge in [0.2, 0.25) is 5.91 Å². The van der Waals surface area contributed by atoms with Crippen molar-refractivity contribution in [2.45, 2.75) is 23.8 Å². The van der Waals surface area contributed by atoms with Crippen LogP contribution in [-0.4, -0.2) is 96.1 Å². The van der Waals surface area contributed by atoms with Crippen LogP contribution >= 0.6 is 0 Å². The second-order valence-electron chi connectivity index (χ2n) is 8.97. The Morgan fingerprint density at radius 1 is 1.11 bits per heavy atom. The molecule has 36 heavy (non-hydrogen) atoms. The van der Waals surface area contributed by atoms with Gasteiger partial charge in [0.1, 0.15) is 17.6 Å². The highest BCUT2D eigenvalue weighted by Crippen LogP contribution is 2.29. The van der Waals surface area contributed by atoms with Crippen LogP contribution in [0.2, 0.25) is 0 Å². The minimum absolute atomic E-state index is 0.0172. The average molecular weight is 513 g/mol. The molecule has 0 spiro atoms. The van der Waals surface area contributed by atoms with Crippen molar-refractivity contribution in [2.24, 2.45) is 0 Å². The molecule has 4 heterocycles. The van der Waals surface area contributed by atoms with Gasteiger partial charge in [-0.3, -0.25) is 19.0 Å². The molecule has 2 amide bonds. The Labute approximate surface area is 209 Å². The molecule has 2 fully saturated rings. The van der Waals surface area contributed by atoms with Crippen molar-refractivity contribution in [1.82, 2.24) is 24.2 Å². The number of ether oxygens (including phenoxy) is 1. The molecule has 0 saturated carbocycles. The van der Waals surface area contributed by atoms with Crippen molar-refractivity contribution in [1.29, 1.82) is 0 Å². The fourth-order valence-corrected chi connectivity index (χ4v) is 5.19. The lowest BCUT2D eigenvalue weighted by atomic mass is 10.1. The first-order valence-corrected chi connectivity index (χ1v) is 13.7. The highest BCUT2D eigenvalue weighted by molar-refractivity contribution is 7.90. The molecule has 2 aromatic heterocycles. The number of piperazine rings is 1. The first-order valence-electron chi connectivity index (χ1n) is 11.9. The molecule has 5 rings (SSSR count). The number of sulfone groups is 1. The number of hydrogen-bond donors (Lipinski definition) is 1. The molecule has 12 heteroatoms. The molecule has 190 valence electrons. The van der Waals surface area contributed by atoms with Crippen LogP contribution in [0.3, 0.4) is 0 Å². The average Bonchev–Trinajstić information content (AvgIpc) is 3.55. The summed E-state index contributed by atoms with van der Waals surface area (Å²) in [6, 6.07) is 6.48. The van der Waals surface area contributed by atoms with Gasteiger partial charge in [-0.1, -0.05) is 12.1 Å². The van der Waals surface area contributed by atoms with E-state index in [0.29, 0.717) is 55.5 Å². The topological polar surface area (TPSA) is 126 Å². The van der Waals surface area contributed by atoms with Crippen molar-refractivity contribution in [3.05, 3.63) is 42.9 Å². The summed E-state index contributed by atoms with van der Waals surface area (Å²) in [6.45, 7) is 2.59. The summed E-state index contributed by atoms with van der Waals surface area (Å²) in [5.41, 5.74) is 1.89. The molecule has 2 aliphatic rings. The fourth-order valence-electron chi connectivity index (χ4n) is 4.56. The predicted octanol–water partition coefficient (Wildman–Crippen LogP) is 1.06. The maximum Gasteiger partial charge on any atom is 0.251 e. The van der Waals surface area contributed by atoms with E-state index < -0.39 is 9.84 Å². The molecule has 1 N–H and O–H groups in total. The Balaban J connectivity index is 1.28. The van der Waals surface area contributed by atoms with Crippen LogP contribution in [0.15, 0.2) is 47.8 Å². The molecule has 1 aromatic carbocycles. The van der Waals surface area contributed by atoms with Gasteiger partial charge < -0.3 is 19.9 Å². The molecule has 2 saturated heterocycles. The largest absolute Gasteiger partial charge is 0.368 e. The number of anilines is 1. The van der Waals surface area contributed by atoms with Gasteiger partial charge in [0.25, 0.3) is 5.91 Å². The molecule has 3 aromatic rings. The van der Waals surface area contributed by atoms with Gasteiger partial charge in [0, 0.05) is 57.0 Å². The molecule has 2 aliphatic heterocycles. The van der Waals surface area contributed by atoms with Gasteiger partial charge >= 0.3 is 0 Å². The summed E-state index contributed by atoms with van der Waals surface area (Å²) in [5.74, 6) is 0.547. The third kappa shape index (κ3) is 4.91. The van der Waals surface area contributed by atoms with Crippen molar-refractivity contribution in [2.75, 3.05) is 50.9 Å². The van der Waals surface area contributed by atoms with Gasteiger partial charge in [-0.15, -0.1) is 0 Å². The smallest absolute Gasteiger partial charge is 0.251 e. The second kappa shape index (κ2) is 9.86. The zero-order valence-electron chi connectivity index (χ0n) is 20.0. The minimum atomic E-state index is -3.32. The highest BCUT2D eigenvalue weighted by atomic mass is 32.2. The zero-order chi connectivity index (χ0) is 25.3. The number of benzene rings is 1. The molecule has 0 bridgehead atoms. The number of nitrogens with zero attached hydrogens (tertiary/aromatic N) is 5. The summed E-state index contributed by atoms with van der Waals surface area (Å²) in [4.78, 5) is 38.1. The first-order chi connectivity index (χ1) is 17.3. The van der Waals surface area contributed by atoms with E-state index in [9.17, 15) is 18.0 Å². The van der Waals surface area contributed by atoms with Crippen molar-refractivity contribution in [3.8, 4) is 11.3 Å². The Morgan fingerprint density at radius 3 is 2.50 bits per heavy atom. The lowest BCUT2D eigenvalue weighted by Gasteiger charge is -2.35. The molecule has 11 nitrogen and oxygen atoms in total. The van der Waals surface area contributed by atoms with E-state index in [1.54, 1.807) is 57.1 Å². The maximum absolute atomic E-state index is 13.0. The minimum Gasteiger partial charge on any atom is -0.368 e. The predicted molar refractivity (Wildman–Crippen MR) is 132 cm³/mol. The van der Waals surface area contributed by atoms with E-state index in [1.165, 1.54) is 0 Å². The van der Waals surface area contributed by atoms with Gasteiger partial charge in [-0.25, -0.2) is 13.4 Å². The molecule has 0 radical (unpaired) electrons. The second-order valence-corrected chi connectivity index (χ2v) is 11.0. The lowest BCUT2D eigenvalue weighted by molar-refractivity contribution is -0.145. The third-order valence-electron chi connectivity index (χ3n) is 6.54. The number of fused-ring (bicyclic) bond motifs is 1. The SMILES string of the molecule is CS(=O)(=O)c1ccc(-c2nc3cnccn3c2NCC(=O)N2CCN(C(=O)C3CCCO3)CC2)cc1. The number of rotatable bonds is 6. The Kier molecular flexibility index (Phi) is 6.63. The molecule has 1 atom stereocenters. The van der Waals surface area contributed by atoms with E-state index in [1.807, 2.05) is 0 Å². The van der Waals surface area contributed by atoms with Crippen molar-refractivity contribution < 1.29 is 22.7 Å². The van der Waals surface area contributed by atoms with Crippen LogP contribution < -0.4 is 5.32 Å². The van der Waals surface area contributed by atoms with E-state index >= 15 is 0 Å². The van der Waals surface area contributed by atoms with Crippen LogP contribution in [0.4, 0.5) is 5.82 Å². The number of carbonyl (C=O) groups is 2. The van der Waals surface area contributed by atoms with Gasteiger partial charge in [-0.2, -0.15) is 0 Å². The van der Waals surface area contributed by atoms with E-state index in [-0.39, 0.29) is 29.4 Å². The van der Waals surface area contributed by atoms with E-state index in [0.717, 1.165) is 19.1 Å². The van der Waals surface area contributed by atoms with E-state index in [2.05, 4.69) is 15.3 Å². The van der Waals surface area contributed by atoms with Crippen LogP contribution in [0.1, 0.15) is 12.8 Å². The molecule has 0 aliphatic carbocycles. The van der Waals surface area contributed by atoms with Gasteiger partial charge in [0.05, 0.1) is 17.6 Å². The molecular weight excluding hydrogens is 484 g/mol. The van der Waals surface area contributed by atoms with Crippen molar-refractivity contribution >= 4 is 33.1 Å². The summed E-state index contributed by atoms with van der Waals surface area (Å²) >= 11 is 0. The fraction of sp³-hybridized carbons (Fsp3) is 0.417. The Morgan fingerprint density at radius 2 is 1.83 bits per heavy atom. The van der Waals surface area contributed by atoms with Crippen LogP contribution in [0.25, 0.3) is 16.9 Å². The summed E-state index contributed by atoms with van der Waals surface area (Å²) in [6.07, 6.45) is 7.48. The van der Waals surface area contributed by atoms with Crippen molar-refractivity contribution in [3.63, 3.8) is 0 Å². The monoisotopic (exact) mass is 512 g/mol. The zero-order valence-corrected chi connectivity index (χ0v) is 20.8. The van der Waals surface area contributed by atoms with Crippen LogP contribution in [0, 0.1) is 0 Å². The van der Waals surface area contributed by atoms with Gasteiger partial charge in [0.15, 0.2) is 15.5 Å². The van der Waals surface area contributed by atoms with Crippen LogP contribution in [-0.2, 0) is 24.2 Å². The normalized spacial score (nSPS) is 18.5. The maximum atomic E-state index is 13.0. The quantitative estimate of drug-likeness (QED) is 0.520. The Hall–Kier alpha value is -3.51. The summed E-state index contributed by atoms with van der Waals surface area (Å²) in [5, 5.41) is 3.22.